The van der Waals surface area contributed by atoms with Gasteiger partial charge in [-0.1, -0.05) is 154 Å². The topological polar surface area (TPSA) is 104 Å². The summed E-state index contributed by atoms with van der Waals surface area (Å²) in [5, 5.41) is 13.1. The van der Waals surface area contributed by atoms with Crippen LogP contribution < -0.4 is 5.32 Å². The molecule has 0 heterocycles. The third-order valence-corrected chi connectivity index (χ3v) is 8.24. The summed E-state index contributed by atoms with van der Waals surface area (Å²) in [6, 6.07) is -1.05. The lowest BCUT2D eigenvalue weighted by Crippen LogP contribution is -2.46. The maximum atomic E-state index is 12.4. The Morgan fingerprint density at radius 2 is 1.05 bits per heavy atom. The van der Waals surface area contributed by atoms with Crippen molar-refractivity contribution in [2.24, 2.45) is 0 Å². The van der Waals surface area contributed by atoms with Gasteiger partial charge in [0, 0.05) is 6.42 Å². The molecule has 0 rings (SSSR count). The first-order chi connectivity index (χ1) is 18.8. The van der Waals surface area contributed by atoms with E-state index in [4.69, 9.17) is 0 Å². The number of rotatable bonds is 29. The second kappa shape index (κ2) is 27.3. The van der Waals surface area contributed by atoms with Crippen LogP contribution in [0.25, 0.3) is 0 Å². The summed E-state index contributed by atoms with van der Waals surface area (Å²) in [5.74, 6) is -0.974. The summed E-state index contributed by atoms with van der Waals surface area (Å²) in [7, 11) is -4.32. The van der Waals surface area contributed by atoms with Crippen LogP contribution in [-0.4, -0.2) is 41.9 Å². The van der Waals surface area contributed by atoms with Gasteiger partial charge in [0.05, 0.1) is 17.9 Å². The molecule has 0 aliphatic carbocycles. The van der Waals surface area contributed by atoms with E-state index in [0.717, 1.165) is 38.5 Å². The molecule has 2 atom stereocenters. The fourth-order valence-electron chi connectivity index (χ4n) is 4.98. The highest BCUT2D eigenvalue weighted by atomic mass is 32.2. The molecule has 0 spiro atoms. The van der Waals surface area contributed by atoms with Crippen molar-refractivity contribution in [3.8, 4) is 0 Å². The van der Waals surface area contributed by atoms with Crippen LogP contribution in [0.4, 0.5) is 0 Å². The number of allylic oxidation sites excluding steroid dienone is 1. The van der Waals surface area contributed by atoms with Crippen molar-refractivity contribution in [1.82, 2.24) is 5.32 Å². The van der Waals surface area contributed by atoms with Crippen molar-refractivity contribution in [2.75, 3.05) is 5.75 Å². The van der Waals surface area contributed by atoms with Crippen molar-refractivity contribution in [2.45, 2.75) is 180 Å². The predicted octanol–water partition coefficient (Wildman–Crippen LogP) is 8.68. The lowest BCUT2D eigenvalue weighted by molar-refractivity contribution is -0.122. The summed E-state index contributed by atoms with van der Waals surface area (Å²) < 4.78 is 32.1. The van der Waals surface area contributed by atoms with Gasteiger partial charge in [-0.25, -0.2) is 0 Å². The molecule has 0 saturated carbocycles. The molecule has 0 radical (unpaired) electrons. The summed E-state index contributed by atoms with van der Waals surface area (Å²) >= 11 is 0. The van der Waals surface area contributed by atoms with Crippen molar-refractivity contribution in [1.29, 1.82) is 0 Å². The van der Waals surface area contributed by atoms with Crippen LogP contribution in [0.15, 0.2) is 12.2 Å². The average molecular weight is 574 g/mol. The zero-order valence-electron chi connectivity index (χ0n) is 25.5. The third kappa shape index (κ3) is 28.4. The van der Waals surface area contributed by atoms with E-state index in [0.29, 0.717) is 6.42 Å². The second-order valence-electron chi connectivity index (χ2n) is 11.5. The van der Waals surface area contributed by atoms with E-state index in [1.165, 1.54) is 109 Å². The van der Waals surface area contributed by atoms with E-state index in [1.54, 1.807) is 6.08 Å². The molecule has 0 aromatic rings. The molecule has 0 saturated heterocycles. The Bertz CT molecular complexity index is 680. The van der Waals surface area contributed by atoms with Gasteiger partial charge in [0.2, 0.25) is 5.91 Å². The molecular weight excluding hydrogens is 510 g/mol. The number of amides is 1. The van der Waals surface area contributed by atoms with Gasteiger partial charge in [-0.15, -0.1) is 0 Å². The standard InChI is InChI=1S/C32H63NO5S/c1-3-5-7-9-11-13-14-15-16-17-18-20-22-24-26-28-32(35)33-30(29-39(36,37)38)31(34)27-25-23-21-19-12-10-8-6-4-2/h25,27,30-31,34H,3-24,26,28-29H2,1-2H3,(H,33,35)(H,36,37,38)/b27-25+. The molecule has 0 aromatic heterocycles. The van der Waals surface area contributed by atoms with E-state index in [-0.39, 0.29) is 5.91 Å². The Morgan fingerprint density at radius 3 is 1.46 bits per heavy atom. The minimum absolute atomic E-state index is 0.280. The first-order valence-corrected chi connectivity index (χ1v) is 18.0. The Kier molecular flexibility index (Phi) is 26.6. The van der Waals surface area contributed by atoms with Crippen LogP contribution in [0.2, 0.25) is 0 Å². The van der Waals surface area contributed by atoms with Crippen molar-refractivity contribution in [3.63, 3.8) is 0 Å². The zero-order chi connectivity index (χ0) is 29.0. The fraction of sp³-hybridized carbons (Fsp3) is 0.906. The largest absolute Gasteiger partial charge is 0.387 e. The number of carbonyl (C=O) groups is 1. The van der Waals surface area contributed by atoms with Gasteiger partial charge >= 0.3 is 0 Å². The normalized spacial score (nSPS) is 13.6. The van der Waals surface area contributed by atoms with E-state index < -0.39 is 28.0 Å². The molecular formula is C32H63NO5S. The molecule has 3 N–H and O–H groups in total. The van der Waals surface area contributed by atoms with Crippen LogP contribution in [0.3, 0.4) is 0 Å². The number of unbranched alkanes of at least 4 members (excludes halogenated alkanes) is 21. The number of aliphatic hydroxyl groups excluding tert-OH is 1. The number of hydrogen-bond donors (Lipinski definition) is 3. The van der Waals surface area contributed by atoms with Crippen molar-refractivity contribution < 1.29 is 22.9 Å². The number of nitrogens with one attached hydrogen (secondary N) is 1. The van der Waals surface area contributed by atoms with E-state index >= 15 is 0 Å². The van der Waals surface area contributed by atoms with Gasteiger partial charge in [0.15, 0.2) is 0 Å². The highest BCUT2D eigenvalue weighted by Crippen LogP contribution is 2.14. The highest BCUT2D eigenvalue weighted by molar-refractivity contribution is 7.85. The SMILES string of the molecule is CCCCCCCCC/C=C/C(O)C(CS(=O)(=O)O)NC(=O)CCCCCCCCCCCCCCCCC. The van der Waals surface area contributed by atoms with Crippen LogP contribution in [0.1, 0.15) is 168 Å². The molecule has 7 heteroatoms. The Hall–Kier alpha value is -0.920. The minimum Gasteiger partial charge on any atom is -0.387 e. The molecule has 0 aliphatic heterocycles. The molecule has 39 heavy (non-hydrogen) atoms. The first-order valence-electron chi connectivity index (χ1n) is 16.4. The van der Waals surface area contributed by atoms with E-state index in [2.05, 4.69) is 19.2 Å². The van der Waals surface area contributed by atoms with Crippen LogP contribution >= 0.6 is 0 Å². The predicted molar refractivity (Wildman–Crippen MR) is 166 cm³/mol. The van der Waals surface area contributed by atoms with Gasteiger partial charge in [-0.2, -0.15) is 8.42 Å². The molecule has 2 unspecified atom stereocenters. The molecule has 0 aliphatic rings. The van der Waals surface area contributed by atoms with Gasteiger partial charge in [0.1, 0.15) is 0 Å². The lowest BCUT2D eigenvalue weighted by Gasteiger charge is -2.21. The van der Waals surface area contributed by atoms with Crippen LogP contribution in [-0.2, 0) is 14.9 Å². The van der Waals surface area contributed by atoms with E-state index in [9.17, 15) is 22.9 Å². The monoisotopic (exact) mass is 573 g/mol. The zero-order valence-corrected chi connectivity index (χ0v) is 26.3. The maximum absolute atomic E-state index is 12.4. The molecule has 6 nitrogen and oxygen atoms in total. The number of aliphatic hydroxyl groups is 1. The minimum atomic E-state index is -4.32. The van der Waals surface area contributed by atoms with Gasteiger partial charge in [0.25, 0.3) is 10.1 Å². The van der Waals surface area contributed by atoms with E-state index in [1.807, 2.05) is 6.08 Å². The maximum Gasteiger partial charge on any atom is 0.267 e. The summed E-state index contributed by atoms with van der Waals surface area (Å²) in [4.78, 5) is 12.4. The molecule has 0 fully saturated rings. The first kappa shape index (κ1) is 38.1. The molecule has 1 amide bonds. The summed E-state index contributed by atoms with van der Waals surface area (Å²) in [6.45, 7) is 4.46. The molecule has 0 bridgehead atoms. The smallest absolute Gasteiger partial charge is 0.267 e. The quantitative estimate of drug-likeness (QED) is 0.0472. The number of carbonyl (C=O) groups excluding carboxylic acids is 1. The van der Waals surface area contributed by atoms with Crippen molar-refractivity contribution in [3.05, 3.63) is 12.2 Å². The van der Waals surface area contributed by atoms with Gasteiger partial charge < -0.3 is 10.4 Å². The average Bonchev–Trinajstić information content (AvgIpc) is 2.88. The summed E-state index contributed by atoms with van der Waals surface area (Å²) in [6.07, 6.45) is 30.5. The fourth-order valence-corrected chi connectivity index (χ4v) is 5.71. The van der Waals surface area contributed by atoms with Crippen molar-refractivity contribution >= 4 is 16.0 Å². The second-order valence-corrected chi connectivity index (χ2v) is 12.9. The number of hydrogen-bond acceptors (Lipinski definition) is 4. The summed E-state index contributed by atoms with van der Waals surface area (Å²) in [5.41, 5.74) is 0. The molecule has 232 valence electrons. The van der Waals surface area contributed by atoms with Crippen LogP contribution in [0.5, 0.6) is 0 Å². The Morgan fingerprint density at radius 1 is 0.667 bits per heavy atom. The third-order valence-electron chi connectivity index (χ3n) is 7.46. The van der Waals surface area contributed by atoms with Gasteiger partial charge in [-0.3, -0.25) is 9.35 Å². The highest BCUT2D eigenvalue weighted by Gasteiger charge is 2.24. The Labute approximate surface area is 241 Å². The Balaban J connectivity index is 3.97. The van der Waals surface area contributed by atoms with Crippen LogP contribution in [0, 0.1) is 0 Å². The lowest BCUT2D eigenvalue weighted by atomic mass is 10.0. The van der Waals surface area contributed by atoms with Gasteiger partial charge in [-0.05, 0) is 19.3 Å². The molecule has 0 aromatic carbocycles.